The van der Waals surface area contributed by atoms with Crippen LogP contribution >= 0.6 is 0 Å². The number of urea groups is 1. The Hall–Kier alpha value is -1.93. The van der Waals surface area contributed by atoms with Gasteiger partial charge in [0.25, 0.3) is 0 Å². The van der Waals surface area contributed by atoms with Gasteiger partial charge in [0, 0.05) is 38.8 Å². The maximum absolute atomic E-state index is 11.9. The Bertz CT molecular complexity index is 538. The zero-order valence-electron chi connectivity index (χ0n) is 14.5. The molecule has 0 unspecified atom stereocenters. The number of rotatable bonds is 7. The zero-order valence-corrected chi connectivity index (χ0v) is 14.5. The minimum atomic E-state index is -0.409. The standard InChI is InChI=1S/C16H27N5O3/c1-3-4-5-17-16(23)18-15(22)12-21-8-6-20(7-9-21)11-14-10-13(2)19-24-14/h10H,3-9,11-12H2,1-2H3,(H2,17,18,22,23). The van der Waals surface area contributed by atoms with E-state index in [1.54, 1.807) is 0 Å². The topological polar surface area (TPSA) is 90.7 Å². The number of unbranched alkanes of at least 4 members (excludes halogenated alkanes) is 1. The quantitative estimate of drug-likeness (QED) is 0.713. The van der Waals surface area contributed by atoms with E-state index < -0.39 is 6.03 Å². The summed E-state index contributed by atoms with van der Waals surface area (Å²) in [6, 6.07) is 1.53. The predicted octanol–water partition coefficient (Wildman–Crippen LogP) is 0.727. The van der Waals surface area contributed by atoms with Crippen LogP contribution in [0.2, 0.25) is 0 Å². The van der Waals surface area contributed by atoms with Gasteiger partial charge in [0.05, 0.1) is 18.8 Å². The van der Waals surface area contributed by atoms with Gasteiger partial charge < -0.3 is 9.84 Å². The molecule has 2 heterocycles. The maximum atomic E-state index is 11.9. The average Bonchev–Trinajstić information content (AvgIpc) is 2.94. The van der Waals surface area contributed by atoms with Crippen LogP contribution in [0.25, 0.3) is 0 Å². The molecule has 2 N–H and O–H groups in total. The molecule has 0 atom stereocenters. The summed E-state index contributed by atoms with van der Waals surface area (Å²) in [7, 11) is 0. The molecule has 0 radical (unpaired) electrons. The molecule has 1 saturated heterocycles. The van der Waals surface area contributed by atoms with Crippen molar-refractivity contribution in [1.29, 1.82) is 0 Å². The summed E-state index contributed by atoms with van der Waals surface area (Å²) in [4.78, 5) is 27.7. The summed E-state index contributed by atoms with van der Waals surface area (Å²) in [5, 5.41) is 8.93. The maximum Gasteiger partial charge on any atom is 0.321 e. The van der Waals surface area contributed by atoms with E-state index in [1.165, 1.54) is 0 Å². The van der Waals surface area contributed by atoms with Gasteiger partial charge in [0.1, 0.15) is 0 Å². The van der Waals surface area contributed by atoms with Crippen LogP contribution in [0.1, 0.15) is 31.2 Å². The molecule has 0 saturated carbocycles. The number of amides is 3. The van der Waals surface area contributed by atoms with E-state index in [0.29, 0.717) is 6.54 Å². The minimum Gasteiger partial charge on any atom is -0.360 e. The molecule has 0 aromatic carbocycles. The van der Waals surface area contributed by atoms with Gasteiger partial charge in [-0.05, 0) is 13.3 Å². The number of carbonyl (C=O) groups excluding carboxylic acids is 2. The van der Waals surface area contributed by atoms with Crippen molar-refractivity contribution in [3.05, 3.63) is 17.5 Å². The van der Waals surface area contributed by atoms with Crippen molar-refractivity contribution >= 4 is 11.9 Å². The van der Waals surface area contributed by atoms with E-state index in [0.717, 1.165) is 57.0 Å². The minimum absolute atomic E-state index is 0.246. The number of hydrogen-bond donors (Lipinski definition) is 2. The first-order chi connectivity index (χ1) is 11.6. The fraction of sp³-hybridized carbons (Fsp3) is 0.688. The molecular weight excluding hydrogens is 310 g/mol. The smallest absolute Gasteiger partial charge is 0.321 e. The van der Waals surface area contributed by atoms with Gasteiger partial charge in [-0.25, -0.2) is 4.79 Å². The lowest BCUT2D eigenvalue weighted by molar-refractivity contribution is -0.121. The molecule has 8 heteroatoms. The summed E-state index contributed by atoms with van der Waals surface area (Å²) >= 11 is 0. The van der Waals surface area contributed by atoms with Crippen molar-refractivity contribution < 1.29 is 14.1 Å². The normalized spacial score (nSPS) is 16.1. The van der Waals surface area contributed by atoms with Gasteiger partial charge in [-0.2, -0.15) is 0 Å². The van der Waals surface area contributed by atoms with Crippen LogP contribution in [0.5, 0.6) is 0 Å². The van der Waals surface area contributed by atoms with Crippen molar-refractivity contribution in [3.63, 3.8) is 0 Å². The van der Waals surface area contributed by atoms with Crippen LogP contribution in [0.4, 0.5) is 4.79 Å². The first-order valence-electron chi connectivity index (χ1n) is 8.51. The monoisotopic (exact) mass is 337 g/mol. The molecule has 1 fully saturated rings. The van der Waals surface area contributed by atoms with Gasteiger partial charge in [-0.15, -0.1) is 0 Å². The first-order valence-corrected chi connectivity index (χ1v) is 8.51. The van der Waals surface area contributed by atoms with Crippen molar-refractivity contribution in [2.24, 2.45) is 0 Å². The molecule has 1 aromatic rings. The van der Waals surface area contributed by atoms with Crippen LogP contribution in [0.15, 0.2) is 10.6 Å². The van der Waals surface area contributed by atoms with E-state index in [-0.39, 0.29) is 12.5 Å². The third-order valence-electron chi connectivity index (χ3n) is 3.96. The number of carbonyl (C=O) groups is 2. The fourth-order valence-corrected chi connectivity index (χ4v) is 2.61. The van der Waals surface area contributed by atoms with Gasteiger partial charge in [0.15, 0.2) is 5.76 Å². The number of nitrogens with one attached hydrogen (secondary N) is 2. The lowest BCUT2D eigenvalue weighted by atomic mass is 10.3. The third-order valence-corrected chi connectivity index (χ3v) is 3.96. The second-order valence-corrected chi connectivity index (χ2v) is 6.14. The second kappa shape index (κ2) is 9.39. The van der Waals surface area contributed by atoms with Crippen molar-refractivity contribution in [1.82, 2.24) is 25.6 Å². The van der Waals surface area contributed by atoms with Gasteiger partial charge in [-0.1, -0.05) is 18.5 Å². The van der Waals surface area contributed by atoms with E-state index in [9.17, 15) is 9.59 Å². The van der Waals surface area contributed by atoms with Crippen molar-refractivity contribution in [2.45, 2.75) is 33.2 Å². The van der Waals surface area contributed by atoms with Crippen LogP contribution in [0.3, 0.4) is 0 Å². The summed E-state index contributed by atoms with van der Waals surface area (Å²) < 4.78 is 5.23. The molecule has 3 amide bonds. The van der Waals surface area contributed by atoms with Gasteiger partial charge in [0.2, 0.25) is 5.91 Å². The molecule has 24 heavy (non-hydrogen) atoms. The first kappa shape index (κ1) is 18.4. The zero-order chi connectivity index (χ0) is 17.4. The molecule has 0 aliphatic carbocycles. The average molecular weight is 337 g/mol. The Balaban J connectivity index is 1.63. The van der Waals surface area contributed by atoms with Crippen LogP contribution in [-0.2, 0) is 11.3 Å². The highest BCUT2D eigenvalue weighted by molar-refractivity contribution is 5.95. The van der Waals surface area contributed by atoms with Crippen LogP contribution in [0, 0.1) is 6.92 Å². The highest BCUT2D eigenvalue weighted by Gasteiger charge is 2.20. The summed E-state index contributed by atoms with van der Waals surface area (Å²) in [5.74, 6) is 0.603. The fourth-order valence-electron chi connectivity index (χ4n) is 2.61. The predicted molar refractivity (Wildman–Crippen MR) is 89.4 cm³/mol. The largest absolute Gasteiger partial charge is 0.360 e. The SMILES string of the molecule is CCCCNC(=O)NC(=O)CN1CCN(Cc2cc(C)no2)CC1. The second-order valence-electron chi connectivity index (χ2n) is 6.14. The molecule has 134 valence electrons. The Morgan fingerprint density at radius 1 is 1.25 bits per heavy atom. The number of hydrogen-bond acceptors (Lipinski definition) is 6. The molecule has 2 rings (SSSR count). The number of piperazine rings is 1. The van der Waals surface area contributed by atoms with Crippen LogP contribution in [-0.4, -0.2) is 66.2 Å². The van der Waals surface area contributed by atoms with E-state index in [1.807, 2.05) is 19.9 Å². The molecule has 0 bridgehead atoms. The number of imide groups is 1. The highest BCUT2D eigenvalue weighted by atomic mass is 16.5. The molecule has 0 spiro atoms. The molecule has 1 aliphatic rings. The van der Waals surface area contributed by atoms with E-state index in [2.05, 4.69) is 25.6 Å². The van der Waals surface area contributed by atoms with Gasteiger partial charge in [-0.3, -0.25) is 19.9 Å². The lowest BCUT2D eigenvalue weighted by Gasteiger charge is -2.33. The Labute approximate surface area is 142 Å². The summed E-state index contributed by atoms with van der Waals surface area (Å²) in [6.45, 7) is 8.82. The molecular formula is C16H27N5O3. The lowest BCUT2D eigenvalue weighted by Crippen LogP contribution is -2.50. The number of aromatic nitrogens is 1. The molecule has 8 nitrogen and oxygen atoms in total. The van der Waals surface area contributed by atoms with Gasteiger partial charge >= 0.3 is 6.03 Å². The number of aryl methyl sites for hydroxylation is 1. The molecule has 1 aromatic heterocycles. The summed E-state index contributed by atoms with van der Waals surface area (Å²) in [5.41, 5.74) is 0.887. The Kier molecular flexibility index (Phi) is 7.20. The van der Waals surface area contributed by atoms with Crippen molar-refractivity contribution in [2.75, 3.05) is 39.3 Å². The number of nitrogens with zero attached hydrogens (tertiary/aromatic N) is 3. The Morgan fingerprint density at radius 2 is 1.96 bits per heavy atom. The highest BCUT2D eigenvalue weighted by Crippen LogP contribution is 2.09. The summed E-state index contributed by atoms with van der Waals surface area (Å²) in [6.07, 6.45) is 1.92. The van der Waals surface area contributed by atoms with E-state index in [4.69, 9.17) is 4.52 Å². The van der Waals surface area contributed by atoms with E-state index >= 15 is 0 Å². The Morgan fingerprint density at radius 3 is 2.58 bits per heavy atom. The third kappa shape index (κ3) is 6.29. The molecule has 1 aliphatic heterocycles. The van der Waals surface area contributed by atoms with Crippen molar-refractivity contribution in [3.8, 4) is 0 Å². The van der Waals surface area contributed by atoms with Crippen LogP contribution < -0.4 is 10.6 Å².